The second-order valence-corrected chi connectivity index (χ2v) is 6.04. The summed E-state index contributed by atoms with van der Waals surface area (Å²) in [4.78, 5) is 16.7. The van der Waals surface area contributed by atoms with E-state index < -0.39 is 0 Å². The third-order valence-electron chi connectivity index (χ3n) is 4.31. The SMILES string of the molecule is CC1CCCN(C(=O)CC2CCN(C)CC2)C1. The van der Waals surface area contributed by atoms with Crippen molar-refractivity contribution in [3.05, 3.63) is 0 Å². The number of amides is 1. The van der Waals surface area contributed by atoms with Gasteiger partial charge in [-0.05, 0) is 57.7 Å². The Morgan fingerprint density at radius 1 is 1.18 bits per heavy atom. The third-order valence-corrected chi connectivity index (χ3v) is 4.31. The molecule has 3 nitrogen and oxygen atoms in total. The summed E-state index contributed by atoms with van der Waals surface area (Å²) in [7, 11) is 2.17. The van der Waals surface area contributed by atoms with Crippen LogP contribution in [0.5, 0.6) is 0 Å². The van der Waals surface area contributed by atoms with E-state index in [1.54, 1.807) is 0 Å². The van der Waals surface area contributed by atoms with Crippen LogP contribution in [0.3, 0.4) is 0 Å². The Morgan fingerprint density at radius 3 is 2.53 bits per heavy atom. The highest BCUT2D eigenvalue weighted by Crippen LogP contribution is 2.22. The number of carbonyl (C=O) groups excluding carboxylic acids is 1. The van der Waals surface area contributed by atoms with E-state index in [2.05, 4.69) is 23.8 Å². The molecule has 2 heterocycles. The van der Waals surface area contributed by atoms with E-state index in [-0.39, 0.29) is 0 Å². The van der Waals surface area contributed by atoms with Gasteiger partial charge in [0.1, 0.15) is 0 Å². The first kappa shape index (κ1) is 12.9. The summed E-state index contributed by atoms with van der Waals surface area (Å²) >= 11 is 0. The second-order valence-electron chi connectivity index (χ2n) is 6.04. The zero-order valence-electron chi connectivity index (χ0n) is 11.3. The number of rotatable bonds is 2. The smallest absolute Gasteiger partial charge is 0.222 e. The van der Waals surface area contributed by atoms with E-state index in [1.165, 1.54) is 25.7 Å². The molecule has 2 rings (SSSR count). The number of hydrogen-bond donors (Lipinski definition) is 0. The van der Waals surface area contributed by atoms with Crippen LogP contribution in [0.1, 0.15) is 39.0 Å². The maximum absolute atomic E-state index is 12.2. The molecule has 17 heavy (non-hydrogen) atoms. The molecule has 0 N–H and O–H groups in total. The Balaban J connectivity index is 1.76. The molecule has 0 aromatic rings. The Morgan fingerprint density at radius 2 is 1.88 bits per heavy atom. The van der Waals surface area contributed by atoms with Crippen LogP contribution in [0.2, 0.25) is 0 Å². The molecule has 1 unspecified atom stereocenters. The Hall–Kier alpha value is -0.570. The minimum Gasteiger partial charge on any atom is -0.342 e. The highest BCUT2D eigenvalue weighted by molar-refractivity contribution is 5.76. The number of carbonyl (C=O) groups is 1. The van der Waals surface area contributed by atoms with E-state index in [0.29, 0.717) is 17.7 Å². The Kier molecular flexibility index (Phi) is 4.43. The van der Waals surface area contributed by atoms with Gasteiger partial charge >= 0.3 is 0 Å². The summed E-state index contributed by atoms with van der Waals surface area (Å²) in [6.07, 6.45) is 5.68. The average molecular weight is 238 g/mol. The summed E-state index contributed by atoms with van der Waals surface area (Å²) in [5.74, 6) is 1.74. The van der Waals surface area contributed by atoms with Crippen molar-refractivity contribution in [3.8, 4) is 0 Å². The van der Waals surface area contributed by atoms with Crippen LogP contribution in [0.15, 0.2) is 0 Å². The van der Waals surface area contributed by atoms with Crippen LogP contribution < -0.4 is 0 Å². The largest absolute Gasteiger partial charge is 0.342 e. The lowest BCUT2D eigenvalue weighted by Gasteiger charge is -2.34. The maximum atomic E-state index is 12.2. The summed E-state index contributed by atoms with van der Waals surface area (Å²) < 4.78 is 0. The van der Waals surface area contributed by atoms with Gasteiger partial charge in [0.05, 0.1) is 0 Å². The summed E-state index contributed by atoms with van der Waals surface area (Å²) in [6, 6.07) is 0. The zero-order valence-corrected chi connectivity index (χ0v) is 11.3. The van der Waals surface area contributed by atoms with Crippen molar-refractivity contribution in [2.45, 2.75) is 39.0 Å². The van der Waals surface area contributed by atoms with Crippen LogP contribution in [0, 0.1) is 11.8 Å². The number of piperidine rings is 2. The first-order chi connectivity index (χ1) is 8.15. The molecule has 0 bridgehead atoms. The zero-order chi connectivity index (χ0) is 12.3. The van der Waals surface area contributed by atoms with Crippen LogP contribution in [0.4, 0.5) is 0 Å². The van der Waals surface area contributed by atoms with Crippen molar-refractivity contribution in [1.29, 1.82) is 0 Å². The van der Waals surface area contributed by atoms with Crippen LogP contribution in [0.25, 0.3) is 0 Å². The summed E-state index contributed by atoms with van der Waals surface area (Å²) in [5.41, 5.74) is 0. The van der Waals surface area contributed by atoms with Crippen molar-refractivity contribution >= 4 is 5.91 Å². The van der Waals surface area contributed by atoms with Gasteiger partial charge in [0.25, 0.3) is 0 Å². The molecule has 3 heteroatoms. The molecule has 1 atom stereocenters. The Labute approximate surface area is 105 Å². The fraction of sp³-hybridized carbons (Fsp3) is 0.929. The minimum atomic E-state index is 0.408. The first-order valence-corrected chi connectivity index (χ1v) is 7.11. The van der Waals surface area contributed by atoms with Crippen molar-refractivity contribution in [3.63, 3.8) is 0 Å². The lowest BCUT2D eigenvalue weighted by Crippen LogP contribution is -2.41. The first-order valence-electron chi connectivity index (χ1n) is 7.11. The normalized spacial score (nSPS) is 28.4. The molecule has 1 amide bonds. The van der Waals surface area contributed by atoms with Gasteiger partial charge in [-0.1, -0.05) is 6.92 Å². The van der Waals surface area contributed by atoms with Gasteiger partial charge in [0, 0.05) is 19.5 Å². The molecule has 0 aliphatic carbocycles. The predicted octanol–water partition coefficient (Wildman–Crippen LogP) is 1.98. The van der Waals surface area contributed by atoms with Crippen LogP contribution >= 0.6 is 0 Å². The topological polar surface area (TPSA) is 23.6 Å². The van der Waals surface area contributed by atoms with Gasteiger partial charge in [-0.2, -0.15) is 0 Å². The molecule has 98 valence electrons. The minimum absolute atomic E-state index is 0.408. The Bertz CT molecular complexity index is 259. The van der Waals surface area contributed by atoms with E-state index in [0.717, 1.165) is 32.6 Å². The standard InChI is InChI=1S/C14H26N2O/c1-12-4-3-7-16(11-12)14(17)10-13-5-8-15(2)9-6-13/h12-13H,3-11H2,1-2H3. The van der Waals surface area contributed by atoms with Gasteiger partial charge in [-0.25, -0.2) is 0 Å². The molecule has 2 saturated heterocycles. The van der Waals surface area contributed by atoms with Crippen molar-refractivity contribution in [2.24, 2.45) is 11.8 Å². The maximum Gasteiger partial charge on any atom is 0.222 e. The van der Waals surface area contributed by atoms with Crippen LogP contribution in [-0.2, 0) is 4.79 Å². The quantitative estimate of drug-likeness (QED) is 0.734. The fourth-order valence-corrected chi connectivity index (χ4v) is 3.06. The van der Waals surface area contributed by atoms with Crippen molar-refractivity contribution < 1.29 is 4.79 Å². The van der Waals surface area contributed by atoms with Gasteiger partial charge < -0.3 is 9.80 Å². The van der Waals surface area contributed by atoms with Gasteiger partial charge in [0.15, 0.2) is 0 Å². The van der Waals surface area contributed by atoms with Gasteiger partial charge in [-0.15, -0.1) is 0 Å². The highest BCUT2D eigenvalue weighted by Gasteiger charge is 2.25. The van der Waals surface area contributed by atoms with E-state index >= 15 is 0 Å². The van der Waals surface area contributed by atoms with Crippen LogP contribution in [-0.4, -0.2) is 48.9 Å². The molecular weight excluding hydrogens is 212 g/mol. The van der Waals surface area contributed by atoms with Gasteiger partial charge in [-0.3, -0.25) is 4.79 Å². The molecule has 0 aromatic carbocycles. The lowest BCUT2D eigenvalue weighted by atomic mass is 9.92. The number of hydrogen-bond acceptors (Lipinski definition) is 2. The molecule has 0 spiro atoms. The highest BCUT2D eigenvalue weighted by atomic mass is 16.2. The molecule has 0 saturated carbocycles. The molecule has 2 aliphatic rings. The molecular formula is C14H26N2O. The monoisotopic (exact) mass is 238 g/mol. The van der Waals surface area contributed by atoms with E-state index in [1.807, 2.05) is 0 Å². The molecule has 0 radical (unpaired) electrons. The predicted molar refractivity (Wildman–Crippen MR) is 69.8 cm³/mol. The molecule has 2 aliphatic heterocycles. The van der Waals surface area contributed by atoms with Crippen molar-refractivity contribution in [2.75, 3.05) is 33.2 Å². The van der Waals surface area contributed by atoms with E-state index in [4.69, 9.17) is 0 Å². The summed E-state index contributed by atoms with van der Waals surface area (Å²) in [6.45, 7) is 6.57. The average Bonchev–Trinajstić information content (AvgIpc) is 2.32. The molecule has 0 aromatic heterocycles. The third kappa shape index (κ3) is 3.70. The summed E-state index contributed by atoms with van der Waals surface area (Å²) in [5, 5.41) is 0. The molecule has 2 fully saturated rings. The van der Waals surface area contributed by atoms with Gasteiger partial charge in [0.2, 0.25) is 5.91 Å². The fourth-order valence-electron chi connectivity index (χ4n) is 3.06. The second kappa shape index (κ2) is 5.85. The number of likely N-dealkylation sites (tertiary alicyclic amines) is 2. The van der Waals surface area contributed by atoms with Crippen molar-refractivity contribution in [1.82, 2.24) is 9.80 Å². The number of nitrogens with zero attached hydrogens (tertiary/aromatic N) is 2. The van der Waals surface area contributed by atoms with E-state index in [9.17, 15) is 4.79 Å². The lowest BCUT2D eigenvalue weighted by molar-refractivity contribution is -0.134.